The van der Waals surface area contributed by atoms with Gasteiger partial charge in [0.15, 0.2) is 0 Å². The number of ether oxygens (including phenoxy) is 1. The first kappa shape index (κ1) is 14.9. The molecule has 0 aliphatic heterocycles. The molecule has 0 unspecified atom stereocenters. The molecule has 2 rings (SSSR count). The molecule has 0 aliphatic rings. The summed E-state index contributed by atoms with van der Waals surface area (Å²) in [6.45, 7) is 7.52. The molecule has 0 fully saturated rings. The Kier molecular flexibility index (Phi) is 5.01. The van der Waals surface area contributed by atoms with Crippen LogP contribution in [0.5, 0.6) is 5.75 Å². The molecule has 1 aromatic carbocycles. The Morgan fingerprint density at radius 3 is 2.55 bits per heavy atom. The number of halogens is 1. The predicted octanol–water partition coefficient (Wildman–Crippen LogP) is 4.47. The number of rotatable bonds is 5. The first-order chi connectivity index (χ1) is 9.60. The van der Waals surface area contributed by atoms with Crippen LogP contribution in [0.25, 0.3) is 0 Å². The number of nitrogens with one attached hydrogen (secondary N) is 1. The lowest BCUT2D eigenvalue weighted by Gasteiger charge is -2.10. The Balaban J connectivity index is 2.07. The highest BCUT2D eigenvalue weighted by Crippen LogP contribution is 2.26. The molecule has 0 amide bonds. The molecule has 0 saturated heterocycles. The maximum absolute atomic E-state index is 5.83. The third kappa shape index (κ3) is 3.73. The summed E-state index contributed by atoms with van der Waals surface area (Å²) < 4.78 is 6.97. The topological polar surface area (TPSA) is 34.1 Å². The van der Waals surface area contributed by atoms with Crippen LogP contribution in [0.4, 0.5) is 5.82 Å². The largest absolute Gasteiger partial charge is 0.487 e. The van der Waals surface area contributed by atoms with E-state index in [0.717, 1.165) is 28.3 Å². The van der Waals surface area contributed by atoms with Gasteiger partial charge in [0.25, 0.3) is 0 Å². The lowest BCUT2D eigenvalue weighted by atomic mass is 10.1. The number of pyridine rings is 1. The summed E-state index contributed by atoms with van der Waals surface area (Å²) >= 11 is 3.56. The van der Waals surface area contributed by atoms with Gasteiger partial charge in [0.05, 0.1) is 5.69 Å². The summed E-state index contributed by atoms with van der Waals surface area (Å²) in [5.41, 5.74) is 3.27. The Bertz CT molecular complexity index is 576. The summed E-state index contributed by atoms with van der Waals surface area (Å²) in [5, 5.41) is 3.20. The summed E-state index contributed by atoms with van der Waals surface area (Å²) in [6, 6.07) is 9.98. The average Bonchev–Trinajstić information content (AvgIpc) is 2.43. The quantitative estimate of drug-likeness (QED) is 0.875. The molecular formula is C16H19BrN2O. The van der Waals surface area contributed by atoms with Crippen LogP contribution in [0, 0.1) is 13.8 Å². The van der Waals surface area contributed by atoms with Gasteiger partial charge in [-0.15, -0.1) is 0 Å². The van der Waals surface area contributed by atoms with E-state index in [9.17, 15) is 0 Å². The van der Waals surface area contributed by atoms with Crippen molar-refractivity contribution >= 4 is 21.7 Å². The Morgan fingerprint density at radius 1 is 1.20 bits per heavy atom. The minimum atomic E-state index is 0.472. The maximum Gasteiger partial charge on any atom is 0.130 e. The normalized spacial score (nSPS) is 10.4. The third-order valence-electron chi connectivity index (χ3n) is 2.96. The van der Waals surface area contributed by atoms with E-state index >= 15 is 0 Å². The van der Waals surface area contributed by atoms with Crippen molar-refractivity contribution in [3.63, 3.8) is 0 Å². The van der Waals surface area contributed by atoms with E-state index in [1.165, 1.54) is 11.1 Å². The second kappa shape index (κ2) is 6.75. The van der Waals surface area contributed by atoms with E-state index in [0.29, 0.717) is 6.61 Å². The summed E-state index contributed by atoms with van der Waals surface area (Å²) in [7, 11) is 0. The Hall–Kier alpha value is -1.55. The molecule has 0 radical (unpaired) electrons. The van der Waals surface area contributed by atoms with E-state index in [-0.39, 0.29) is 0 Å². The van der Waals surface area contributed by atoms with Gasteiger partial charge >= 0.3 is 0 Å². The number of benzene rings is 1. The number of anilines is 1. The number of hydrogen-bond donors (Lipinski definition) is 1. The van der Waals surface area contributed by atoms with Crippen LogP contribution in [0.15, 0.2) is 34.8 Å². The van der Waals surface area contributed by atoms with Crippen molar-refractivity contribution in [3.05, 3.63) is 51.6 Å². The van der Waals surface area contributed by atoms with E-state index in [2.05, 4.69) is 47.0 Å². The number of aryl methyl sites for hydroxylation is 2. The SMILES string of the molecule is CCNc1cccc(COc2cc(C)c(Br)c(C)c2)n1. The van der Waals surface area contributed by atoms with Crippen molar-refractivity contribution in [2.45, 2.75) is 27.4 Å². The van der Waals surface area contributed by atoms with Gasteiger partial charge in [0.1, 0.15) is 18.2 Å². The van der Waals surface area contributed by atoms with Gasteiger partial charge in [-0.1, -0.05) is 22.0 Å². The first-order valence-corrected chi connectivity index (χ1v) is 7.48. The van der Waals surface area contributed by atoms with Gasteiger partial charge in [-0.25, -0.2) is 4.98 Å². The monoisotopic (exact) mass is 334 g/mol. The van der Waals surface area contributed by atoms with Gasteiger partial charge in [0.2, 0.25) is 0 Å². The molecule has 106 valence electrons. The fraction of sp³-hybridized carbons (Fsp3) is 0.312. The standard InChI is InChI=1S/C16H19BrN2O/c1-4-18-15-7-5-6-13(19-15)10-20-14-8-11(2)16(17)12(3)9-14/h5-9H,4,10H2,1-3H3,(H,18,19). The zero-order valence-corrected chi connectivity index (χ0v) is 13.6. The van der Waals surface area contributed by atoms with Crippen LogP contribution in [-0.2, 0) is 6.61 Å². The molecule has 1 heterocycles. The minimum Gasteiger partial charge on any atom is -0.487 e. The maximum atomic E-state index is 5.83. The first-order valence-electron chi connectivity index (χ1n) is 6.69. The molecule has 0 bridgehead atoms. The van der Waals surface area contributed by atoms with Crippen LogP contribution in [-0.4, -0.2) is 11.5 Å². The second-order valence-corrected chi connectivity index (χ2v) is 5.50. The van der Waals surface area contributed by atoms with E-state index in [4.69, 9.17) is 4.74 Å². The molecule has 1 N–H and O–H groups in total. The van der Waals surface area contributed by atoms with Crippen LogP contribution in [0.1, 0.15) is 23.7 Å². The molecule has 0 atom stereocenters. The van der Waals surface area contributed by atoms with Crippen molar-refractivity contribution < 1.29 is 4.74 Å². The van der Waals surface area contributed by atoms with Gasteiger partial charge < -0.3 is 10.1 Å². The van der Waals surface area contributed by atoms with Crippen molar-refractivity contribution in [2.75, 3.05) is 11.9 Å². The lowest BCUT2D eigenvalue weighted by molar-refractivity contribution is 0.301. The minimum absolute atomic E-state index is 0.472. The summed E-state index contributed by atoms with van der Waals surface area (Å²) in [4.78, 5) is 4.49. The molecular weight excluding hydrogens is 316 g/mol. The van der Waals surface area contributed by atoms with E-state index in [1.807, 2.05) is 30.3 Å². The van der Waals surface area contributed by atoms with Crippen LogP contribution in [0.3, 0.4) is 0 Å². The van der Waals surface area contributed by atoms with E-state index in [1.54, 1.807) is 0 Å². The van der Waals surface area contributed by atoms with Gasteiger partial charge in [0, 0.05) is 11.0 Å². The molecule has 3 nitrogen and oxygen atoms in total. The molecule has 0 spiro atoms. The number of nitrogens with zero attached hydrogens (tertiary/aromatic N) is 1. The predicted molar refractivity (Wildman–Crippen MR) is 86.3 cm³/mol. The Morgan fingerprint density at radius 2 is 1.90 bits per heavy atom. The number of aromatic nitrogens is 1. The fourth-order valence-corrected chi connectivity index (χ4v) is 2.22. The van der Waals surface area contributed by atoms with Gasteiger partial charge in [-0.05, 0) is 56.2 Å². The highest BCUT2D eigenvalue weighted by atomic mass is 79.9. The highest BCUT2D eigenvalue weighted by molar-refractivity contribution is 9.10. The summed E-state index contributed by atoms with van der Waals surface area (Å²) in [5.74, 6) is 1.76. The van der Waals surface area contributed by atoms with Crippen LogP contribution >= 0.6 is 15.9 Å². The molecule has 1 aromatic heterocycles. The zero-order chi connectivity index (χ0) is 14.5. The highest BCUT2D eigenvalue weighted by Gasteiger charge is 2.04. The second-order valence-electron chi connectivity index (χ2n) is 4.70. The molecule has 20 heavy (non-hydrogen) atoms. The van der Waals surface area contributed by atoms with Gasteiger partial charge in [-0.2, -0.15) is 0 Å². The average molecular weight is 335 g/mol. The van der Waals surface area contributed by atoms with Crippen LogP contribution in [0.2, 0.25) is 0 Å². The summed E-state index contributed by atoms with van der Waals surface area (Å²) in [6.07, 6.45) is 0. The Labute approximate surface area is 128 Å². The van der Waals surface area contributed by atoms with Crippen LogP contribution < -0.4 is 10.1 Å². The third-order valence-corrected chi connectivity index (χ3v) is 4.21. The lowest BCUT2D eigenvalue weighted by Crippen LogP contribution is -2.03. The molecule has 4 heteroatoms. The fourth-order valence-electron chi connectivity index (χ4n) is 1.99. The zero-order valence-electron chi connectivity index (χ0n) is 12.0. The molecule has 2 aromatic rings. The van der Waals surface area contributed by atoms with E-state index < -0.39 is 0 Å². The molecule has 0 saturated carbocycles. The van der Waals surface area contributed by atoms with Crippen molar-refractivity contribution in [2.24, 2.45) is 0 Å². The van der Waals surface area contributed by atoms with Crippen molar-refractivity contribution in [1.82, 2.24) is 4.98 Å². The van der Waals surface area contributed by atoms with Crippen molar-refractivity contribution in [3.8, 4) is 5.75 Å². The molecule has 0 aliphatic carbocycles. The van der Waals surface area contributed by atoms with Gasteiger partial charge in [-0.3, -0.25) is 0 Å². The smallest absolute Gasteiger partial charge is 0.130 e. The number of hydrogen-bond acceptors (Lipinski definition) is 3. The van der Waals surface area contributed by atoms with Crippen molar-refractivity contribution in [1.29, 1.82) is 0 Å².